The summed E-state index contributed by atoms with van der Waals surface area (Å²) in [6.45, 7) is 6.53. The lowest BCUT2D eigenvalue weighted by molar-refractivity contribution is 0.599. The molecule has 0 aliphatic carbocycles. The predicted octanol–water partition coefficient (Wildman–Crippen LogP) is 3.50. The van der Waals surface area contributed by atoms with Gasteiger partial charge in [-0.2, -0.15) is 4.98 Å². The summed E-state index contributed by atoms with van der Waals surface area (Å²) >= 11 is 6.18. The van der Waals surface area contributed by atoms with E-state index >= 15 is 0 Å². The van der Waals surface area contributed by atoms with E-state index in [2.05, 4.69) is 20.2 Å². The Morgan fingerprint density at radius 3 is 2.73 bits per heavy atom. The van der Waals surface area contributed by atoms with Crippen molar-refractivity contribution in [3.8, 4) is 0 Å². The zero-order valence-electron chi connectivity index (χ0n) is 15.2. The van der Waals surface area contributed by atoms with Gasteiger partial charge in [0.05, 0.1) is 11.5 Å². The number of nitrogens with zero attached hydrogens (tertiary/aromatic N) is 3. The van der Waals surface area contributed by atoms with Gasteiger partial charge in [0.25, 0.3) is 0 Å². The van der Waals surface area contributed by atoms with Gasteiger partial charge < -0.3 is 10.2 Å². The minimum Gasteiger partial charge on any atom is -0.353 e. The molecule has 1 atom stereocenters. The zero-order valence-corrected chi connectivity index (χ0v) is 16.7. The largest absolute Gasteiger partial charge is 0.353 e. The average molecular weight is 395 g/mol. The summed E-state index contributed by atoms with van der Waals surface area (Å²) in [5, 5.41) is 3.90. The summed E-state index contributed by atoms with van der Waals surface area (Å²) in [5.74, 6) is 1.64. The van der Waals surface area contributed by atoms with Crippen molar-refractivity contribution in [1.82, 2.24) is 9.97 Å². The van der Waals surface area contributed by atoms with Gasteiger partial charge in [-0.25, -0.2) is 13.4 Å². The molecule has 1 aromatic carbocycles. The van der Waals surface area contributed by atoms with Crippen LogP contribution in [0.1, 0.15) is 24.6 Å². The van der Waals surface area contributed by atoms with Crippen molar-refractivity contribution in [2.24, 2.45) is 0 Å². The molecule has 1 aliphatic rings. The number of benzene rings is 1. The van der Waals surface area contributed by atoms with Crippen LogP contribution in [0.4, 0.5) is 17.5 Å². The first-order valence-corrected chi connectivity index (χ1v) is 10.8. The second-order valence-electron chi connectivity index (χ2n) is 6.57. The van der Waals surface area contributed by atoms with E-state index in [9.17, 15) is 8.42 Å². The highest BCUT2D eigenvalue weighted by molar-refractivity contribution is 7.91. The minimum absolute atomic E-state index is 0.0416. The fourth-order valence-corrected chi connectivity index (χ4v) is 5.15. The van der Waals surface area contributed by atoms with Crippen LogP contribution in [0.3, 0.4) is 0 Å². The molecule has 0 amide bonds. The standard InChI is InChI=1S/C18H23ClN4O2S/c1-4-23(14-8-9-26(24,25)11-14)17-10-12(2)20-18(22-17)21-16-7-5-6-15(19)13(16)3/h5-7,10,14H,4,8-9,11H2,1-3H3,(H,20,21,22). The minimum atomic E-state index is -2.95. The lowest BCUT2D eigenvalue weighted by Crippen LogP contribution is -2.37. The van der Waals surface area contributed by atoms with Gasteiger partial charge in [0.1, 0.15) is 5.82 Å². The number of nitrogens with one attached hydrogen (secondary N) is 1. The average Bonchev–Trinajstić information content (AvgIpc) is 2.92. The molecule has 1 N–H and O–H groups in total. The maximum atomic E-state index is 11.9. The molecule has 1 saturated heterocycles. The van der Waals surface area contributed by atoms with E-state index in [4.69, 9.17) is 11.6 Å². The second kappa shape index (κ2) is 7.40. The highest BCUT2D eigenvalue weighted by atomic mass is 35.5. The Balaban J connectivity index is 1.90. The quantitative estimate of drug-likeness (QED) is 0.836. The van der Waals surface area contributed by atoms with Crippen LogP contribution < -0.4 is 10.2 Å². The van der Waals surface area contributed by atoms with Crippen molar-refractivity contribution in [2.45, 2.75) is 33.2 Å². The monoisotopic (exact) mass is 394 g/mol. The number of hydrogen-bond acceptors (Lipinski definition) is 6. The van der Waals surface area contributed by atoms with E-state index in [0.717, 1.165) is 22.8 Å². The SMILES string of the molecule is CCN(c1cc(C)nc(Nc2cccc(Cl)c2C)n1)C1CCS(=O)(=O)C1. The molecule has 1 fully saturated rings. The third-order valence-electron chi connectivity index (χ3n) is 4.64. The molecular weight excluding hydrogens is 372 g/mol. The van der Waals surface area contributed by atoms with E-state index in [1.54, 1.807) is 0 Å². The number of anilines is 3. The number of sulfone groups is 1. The molecule has 1 aromatic heterocycles. The van der Waals surface area contributed by atoms with Crippen molar-refractivity contribution < 1.29 is 8.42 Å². The van der Waals surface area contributed by atoms with Crippen molar-refractivity contribution >= 4 is 38.9 Å². The van der Waals surface area contributed by atoms with E-state index < -0.39 is 9.84 Å². The first-order chi connectivity index (χ1) is 12.3. The molecule has 1 aliphatic heterocycles. The van der Waals surface area contributed by atoms with Gasteiger partial charge in [0.2, 0.25) is 5.95 Å². The molecule has 6 nitrogen and oxygen atoms in total. The van der Waals surface area contributed by atoms with Gasteiger partial charge >= 0.3 is 0 Å². The summed E-state index contributed by atoms with van der Waals surface area (Å²) in [4.78, 5) is 11.1. The van der Waals surface area contributed by atoms with E-state index in [-0.39, 0.29) is 17.5 Å². The molecule has 2 aromatic rings. The van der Waals surface area contributed by atoms with Crippen LogP contribution in [0.25, 0.3) is 0 Å². The van der Waals surface area contributed by atoms with Crippen molar-refractivity contribution in [2.75, 3.05) is 28.3 Å². The Morgan fingerprint density at radius 2 is 2.08 bits per heavy atom. The summed E-state index contributed by atoms with van der Waals surface area (Å²) in [7, 11) is -2.95. The molecule has 0 spiro atoms. The molecule has 2 heterocycles. The summed E-state index contributed by atoms with van der Waals surface area (Å²) in [5.41, 5.74) is 2.59. The van der Waals surface area contributed by atoms with Gasteiger partial charge in [0, 0.05) is 35.1 Å². The third-order valence-corrected chi connectivity index (χ3v) is 6.80. The number of aryl methyl sites for hydroxylation is 1. The first-order valence-electron chi connectivity index (χ1n) is 8.64. The van der Waals surface area contributed by atoms with Crippen LogP contribution in [0.15, 0.2) is 24.3 Å². The Bertz CT molecular complexity index is 917. The fraction of sp³-hybridized carbons (Fsp3) is 0.444. The van der Waals surface area contributed by atoms with Crippen LogP contribution in [-0.4, -0.2) is 42.5 Å². The fourth-order valence-electron chi connectivity index (χ4n) is 3.25. The Morgan fingerprint density at radius 1 is 1.31 bits per heavy atom. The van der Waals surface area contributed by atoms with Crippen molar-refractivity contribution in [3.05, 3.63) is 40.5 Å². The Kier molecular flexibility index (Phi) is 5.39. The molecule has 140 valence electrons. The number of rotatable bonds is 5. The van der Waals surface area contributed by atoms with Gasteiger partial charge in [-0.15, -0.1) is 0 Å². The van der Waals surface area contributed by atoms with Crippen LogP contribution in [0, 0.1) is 13.8 Å². The predicted molar refractivity (Wildman–Crippen MR) is 106 cm³/mol. The van der Waals surface area contributed by atoms with E-state index in [1.165, 1.54) is 0 Å². The van der Waals surface area contributed by atoms with Gasteiger partial charge in [-0.1, -0.05) is 17.7 Å². The molecule has 8 heteroatoms. The molecule has 0 saturated carbocycles. The molecule has 3 rings (SSSR count). The van der Waals surface area contributed by atoms with Gasteiger partial charge in [-0.05, 0) is 44.9 Å². The highest BCUT2D eigenvalue weighted by Gasteiger charge is 2.32. The molecule has 26 heavy (non-hydrogen) atoms. The topological polar surface area (TPSA) is 75.2 Å². The number of aromatic nitrogens is 2. The highest BCUT2D eigenvalue weighted by Crippen LogP contribution is 2.27. The van der Waals surface area contributed by atoms with Crippen LogP contribution in [0.5, 0.6) is 0 Å². The normalized spacial score (nSPS) is 18.7. The zero-order chi connectivity index (χ0) is 18.9. The van der Waals surface area contributed by atoms with Crippen LogP contribution >= 0.6 is 11.6 Å². The molecule has 1 unspecified atom stereocenters. The van der Waals surface area contributed by atoms with Crippen molar-refractivity contribution in [3.63, 3.8) is 0 Å². The van der Waals surface area contributed by atoms with E-state index in [0.29, 0.717) is 23.9 Å². The maximum absolute atomic E-state index is 11.9. The van der Waals surface area contributed by atoms with Gasteiger partial charge in [-0.3, -0.25) is 0 Å². The summed E-state index contributed by atoms with van der Waals surface area (Å²) in [6.07, 6.45) is 0.634. The Hall–Kier alpha value is -1.86. The number of hydrogen-bond donors (Lipinski definition) is 1. The molecule has 0 bridgehead atoms. The second-order valence-corrected chi connectivity index (χ2v) is 9.21. The lowest BCUT2D eigenvalue weighted by atomic mass is 10.2. The first kappa shape index (κ1) is 18.9. The Labute approximate surface area is 159 Å². The van der Waals surface area contributed by atoms with Gasteiger partial charge in [0.15, 0.2) is 9.84 Å². The van der Waals surface area contributed by atoms with Crippen LogP contribution in [0.2, 0.25) is 5.02 Å². The number of halogens is 1. The smallest absolute Gasteiger partial charge is 0.229 e. The molecular formula is C18H23ClN4O2S. The summed E-state index contributed by atoms with van der Waals surface area (Å²) < 4.78 is 23.7. The summed E-state index contributed by atoms with van der Waals surface area (Å²) in [6, 6.07) is 7.48. The van der Waals surface area contributed by atoms with Crippen molar-refractivity contribution in [1.29, 1.82) is 0 Å². The molecule has 0 radical (unpaired) electrons. The van der Waals surface area contributed by atoms with Crippen LogP contribution in [-0.2, 0) is 9.84 Å². The third kappa shape index (κ3) is 4.10. The van der Waals surface area contributed by atoms with E-state index in [1.807, 2.05) is 45.0 Å². The lowest BCUT2D eigenvalue weighted by Gasteiger charge is -2.28. The maximum Gasteiger partial charge on any atom is 0.229 e.